The van der Waals surface area contributed by atoms with E-state index in [9.17, 15) is 60.7 Å². The molecule has 1 aromatic heterocycles. The SMILES string of the molecule is Cc1cc(CN2CCCN(Cc3cc(C)cc(C(=O)NCC(O)C(O)C(O)C(O)CO)c3O)Cc3cccc(n3)C2)c(O)c(C(=O)NCC(O)C(O)C(O)C(O)CO)c1. The van der Waals surface area contributed by atoms with Crippen LogP contribution < -0.4 is 10.6 Å². The van der Waals surface area contributed by atoms with E-state index in [0.29, 0.717) is 54.9 Å². The summed E-state index contributed by atoms with van der Waals surface area (Å²) in [6.45, 7) is 3.04. The minimum atomic E-state index is -1.87. The van der Waals surface area contributed by atoms with E-state index in [1.807, 2.05) is 18.2 Å². The van der Waals surface area contributed by atoms with Crippen molar-refractivity contribution in [2.24, 2.45) is 0 Å². The van der Waals surface area contributed by atoms with Gasteiger partial charge in [-0.1, -0.05) is 18.2 Å². The zero-order valence-electron chi connectivity index (χ0n) is 33.0. The Labute approximate surface area is 341 Å². The number of nitrogens with zero attached hydrogens (tertiary/aromatic N) is 3. The van der Waals surface area contributed by atoms with Crippen LogP contribution in [0, 0.1) is 13.8 Å². The van der Waals surface area contributed by atoms with Crippen molar-refractivity contribution in [3.05, 3.63) is 87.2 Å². The fourth-order valence-corrected chi connectivity index (χ4v) is 6.84. The predicted molar refractivity (Wildman–Crippen MR) is 210 cm³/mol. The van der Waals surface area contributed by atoms with E-state index in [2.05, 4.69) is 20.4 Å². The van der Waals surface area contributed by atoms with Crippen LogP contribution in [0.25, 0.3) is 0 Å². The molecular weight excluding hydrogens is 774 g/mol. The van der Waals surface area contributed by atoms with Gasteiger partial charge in [0.2, 0.25) is 0 Å². The molecular formula is C40H57N5O14. The normalized spacial score (nSPS) is 18.2. The van der Waals surface area contributed by atoms with Crippen LogP contribution in [0.1, 0.15) is 60.8 Å². The summed E-state index contributed by atoms with van der Waals surface area (Å²) in [6, 6.07) is 12.0. The maximum Gasteiger partial charge on any atom is 0.255 e. The molecule has 14 N–H and O–H groups in total. The number of nitrogens with one attached hydrogen (secondary N) is 2. The van der Waals surface area contributed by atoms with Gasteiger partial charge in [0.1, 0.15) is 48.1 Å². The first-order valence-electron chi connectivity index (χ1n) is 19.2. The Morgan fingerprint density at radius 2 is 1.00 bits per heavy atom. The second-order valence-electron chi connectivity index (χ2n) is 15.1. The molecule has 1 aliphatic heterocycles. The Morgan fingerprint density at radius 1 is 0.627 bits per heavy atom. The lowest BCUT2D eigenvalue weighted by molar-refractivity contribution is -0.113. The van der Waals surface area contributed by atoms with E-state index in [1.54, 1.807) is 26.0 Å². The number of benzene rings is 2. The van der Waals surface area contributed by atoms with Crippen LogP contribution >= 0.6 is 0 Å². The van der Waals surface area contributed by atoms with Crippen molar-refractivity contribution in [2.75, 3.05) is 39.4 Å². The molecule has 8 atom stereocenters. The molecule has 0 spiro atoms. The number of aromatic hydroxyl groups is 2. The van der Waals surface area contributed by atoms with Crippen LogP contribution in [0.3, 0.4) is 0 Å². The molecule has 4 rings (SSSR count). The zero-order chi connectivity index (χ0) is 43.6. The number of aliphatic hydroxyl groups excluding tert-OH is 10. The molecule has 19 nitrogen and oxygen atoms in total. The lowest BCUT2D eigenvalue weighted by Gasteiger charge is -2.29. The van der Waals surface area contributed by atoms with Crippen molar-refractivity contribution < 1.29 is 70.9 Å². The fraction of sp³-hybridized carbons (Fsp3) is 0.525. The molecule has 59 heavy (non-hydrogen) atoms. The van der Waals surface area contributed by atoms with Crippen LogP contribution in [0.5, 0.6) is 11.5 Å². The number of rotatable bonds is 18. The summed E-state index contributed by atoms with van der Waals surface area (Å²) in [5.74, 6) is -2.10. The molecule has 326 valence electrons. The first-order valence-corrected chi connectivity index (χ1v) is 19.2. The number of fused-ring (bicyclic) bond motifs is 2. The van der Waals surface area contributed by atoms with E-state index < -0.39 is 86.9 Å². The minimum Gasteiger partial charge on any atom is -0.507 e. The van der Waals surface area contributed by atoms with E-state index in [1.165, 1.54) is 12.1 Å². The standard InChI is InChI=1S/C40H57N5O14/c1-21-9-23(33(52)27(11-21)39(58)41-13-29(48)35(54)37(56)31(50)19-46)15-44-7-4-8-45(18-26-6-3-5-25(17-44)43-26)16-24-10-22(2)12-28(34(24)53)40(59)42-14-30(49)36(55)38(57)32(51)20-47/h3,5-6,9-12,29-32,35-38,46-57H,4,7-8,13-20H2,1-2H3,(H,41,58)(H,42,59). The molecule has 19 heteroatoms. The first kappa shape index (κ1) is 47.3. The second-order valence-corrected chi connectivity index (χ2v) is 15.1. The van der Waals surface area contributed by atoms with E-state index in [-0.39, 0.29) is 35.7 Å². The highest BCUT2D eigenvalue weighted by Gasteiger charge is 2.32. The van der Waals surface area contributed by atoms with Gasteiger partial charge in [-0.15, -0.1) is 0 Å². The molecule has 2 heterocycles. The number of phenolic OH excluding ortho intramolecular Hbond substituents is 2. The van der Waals surface area contributed by atoms with Gasteiger partial charge < -0.3 is 71.9 Å². The van der Waals surface area contributed by atoms with Crippen LogP contribution in [0.2, 0.25) is 0 Å². The number of aliphatic hydroxyl groups is 10. The monoisotopic (exact) mass is 831 g/mol. The molecule has 3 aromatic rings. The van der Waals surface area contributed by atoms with Gasteiger partial charge in [0.15, 0.2) is 0 Å². The summed E-state index contributed by atoms with van der Waals surface area (Å²) in [6.07, 6.45) is -13.7. The van der Waals surface area contributed by atoms with Crippen molar-refractivity contribution in [2.45, 2.75) is 95.3 Å². The average Bonchev–Trinajstić information content (AvgIpc) is 3.21. The van der Waals surface area contributed by atoms with E-state index in [0.717, 1.165) is 11.4 Å². The van der Waals surface area contributed by atoms with Crippen LogP contribution in [0.4, 0.5) is 0 Å². The third kappa shape index (κ3) is 12.8. The first-order chi connectivity index (χ1) is 27.9. The molecule has 2 aromatic carbocycles. The molecule has 2 amide bonds. The van der Waals surface area contributed by atoms with Crippen LogP contribution in [0.15, 0.2) is 42.5 Å². The van der Waals surface area contributed by atoms with Gasteiger partial charge in [0.05, 0.1) is 47.9 Å². The third-order valence-corrected chi connectivity index (χ3v) is 10.1. The Hall–Kier alpha value is -4.35. The Bertz CT molecular complexity index is 1740. The molecule has 0 saturated heterocycles. The highest BCUT2D eigenvalue weighted by Crippen LogP contribution is 2.29. The lowest BCUT2D eigenvalue weighted by atomic mass is 10.0. The number of aryl methyl sites for hydroxylation is 2. The number of carbonyl (C=O) groups excluding carboxylic acids is 2. The van der Waals surface area contributed by atoms with Gasteiger partial charge in [-0.25, -0.2) is 0 Å². The van der Waals surface area contributed by atoms with Gasteiger partial charge in [-0.2, -0.15) is 0 Å². The van der Waals surface area contributed by atoms with E-state index >= 15 is 0 Å². The second kappa shape index (κ2) is 21.8. The summed E-state index contributed by atoms with van der Waals surface area (Å²) in [4.78, 5) is 35.2. The molecule has 1 aliphatic rings. The summed E-state index contributed by atoms with van der Waals surface area (Å²) < 4.78 is 0. The topological polar surface area (TPSA) is 320 Å². The average molecular weight is 832 g/mol. The predicted octanol–water partition coefficient (Wildman–Crippen LogP) is -3.15. The van der Waals surface area contributed by atoms with Gasteiger partial charge >= 0.3 is 0 Å². The van der Waals surface area contributed by atoms with Crippen molar-refractivity contribution >= 4 is 11.8 Å². The molecule has 0 aliphatic carbocycles. The number of aromatic nitrogens is 1. The van der Waals surface area contributed by atoms with Gasteiger partial charge in [-0.05, 0) is 55.7 Å². The molecule has 8 unspecified atom stereocenters. The highest BCUT2D eigenvalue weighted by molar-refractivity contribution is 5.98. The van der Waals surface area contributed by atoms with Crippen molar-refractivity contribution in [1.29, 1.82) is 0 Å². The highest BCUT2D eigenvalue weighted by atomic mass is 16.4. The Balaban J connectivity index is 1.46. The molecule has 0 saturated carbocycles. The number of pyridine rings is 1. The number of amides is 2. The number of hydrogen-bond acceptors (Lipinski definition) is 17. The summed E-state index contributed by atoms with van der Waals surface area (Å²) >= 11 is 0. The maximum atomic E-state index is 13.1. The molecule has 0 radical (unpaired) electrons. The van der Waals surface area contributed by atoms with Crippen LogP contribution in [-0.2, 0) is 26.2 Å². The summed E-state index contributed by atoms with van der Waals surface area (Å²) in [7, 11) is 0. The minimum absolute atomic E-state index is 0.0820. The summed E-state index contributed by atoms with van der Waals surface area (Å²) in [5, 5.41) is 125. The fourth-order valence-electron chi connectivity index (χ4n) is 6.84. The quantitative estimate of drug-likeness (QED) is 0.0602. The van der Waals surface area contributed by atoms with Gasteiger partial charge in [0, 0.05) is 63.5 Å². The van der Waals surface area contributed by atoms with E-state index in [4.69, 9.17) is 15.2 Å². The van der Waals surface area contributed by atoms with Crippen molar-refractivity contribution in [1.82, 2.24) is 25.4 Å². The number of phenols is 2. The van der Waals surface area contributed by atoms with Gasteiger partial charge in [0.25, 0.3) is 11.8 Å². The smallest absolute Gasteiger partial charge is 0.255 e. The maximum absolute atomic E-state index is 13.1. The molecule has 2 bridgehead atoms. The number of carbonyl (C=O) groups is 2. The van der Waals surface area contributed by atoms with Crippen LogP contribution in [-0.4, -0.2) is 176 Å². The Morgan fingerprint density at radius 3 is 1.37 bits per heavy atom. The van der Waals surface area contributed by atoms with Crippen molar-refractivity contribution in [3.63, 3.8) is 0 Å². The lowest BCUT2D eigenvalue weighted by Crippen LogP contribution is -2.49. The zero-order valence-corrected chi connectivity index (χ0v) is 33.0. The summed E-state index contributed by atoms with van der Waals surface area (Å²) in [5.41, 5.74) is 3.54. The molecule has 0 fully saturated rings. The largest absolute Gasteiger partial charge is 0.507 e. The Kier molecular flexibility index (Phi) is 17.5. The number of hydrogen-bond donors (Lipinski definition) is 14. The third-order valence-electron chi connectivity index (χ3n) is 10.1. The van der Waals surface area contributed by atoms with Gasteiger partial charge in [-0.3, -0.25) is 24.4 Å². The van der Waals surface area contributed by atoms with Crippen molar-refractivity contribution in [3.8, 4) is 11.5 Å².